The topological polar surface area (TPSA) is 80.9 Å². The highest BCUT2D eigenvalue weighted by Gasteiger charge is 2.32. The van der Waals surface area contributed by atoms with E-state index in [4.69, 9.17) is 26.4 Å². The van der Waals surface area contributed by atoms with Crippen molar-refractivity contribution in [2.45, 2.75) is 13.0 Å². The molecule has 3 rings (SSSR count). The summed E-state index contributed by atoms with van der Waals surface area (Å²) in [5, 5.41) is 9.59. The molecule has 1 unspecified atom stereocenters. The zero-order valence-electron chi connectivity index (χ0n) is 17.7. The normalized spacial score (nSPS) is 15.5. The van der Waals surface area contributed by atoms with E-state index in [1.807, 2.05) is 31.2 Å². The first kappa shape index (κ1) is 22.2. The number of nitrogens with one attached hydrogen (secondary N) is 3. The van der Waals surface area contributed by atoms with E-state index in [0.29, 0.717) is 45.9 Å². The highest BCUT2D eigenvalue weighted by atomic mass is 32.1. The number of ether oxygens (including phenoxy) is 3. The third-order valence-corrected chi connectivity index (χ3v) is 4.98. The van der Waals surface area contributed by atoms with Crippen LogP contribution in [0.1, 0.15) is 18.5 Å². The predicted octanol–water partition coefficient (Wildman–Crippen LogP) is 3.70. The highest BCUT2D eigenvalue weighted by Crippen LogP contribution is 2.35. The van der Waals surface area contributed by atoms with Crippen LogP contribution in [0.5, 0.6) is 17.2 Å². The Morgan fingerprint density at radius 1 is 1.19 bits per heavy atom. The predicted molar refractivity (Wildman–Crippen MR) is 125 cm³/mol. The molecule has 1 amide bonds. The molecule has 0 bridgehead atoms. The Balaban J connectivity index is 1.98. The minimum absolute atomic E-state index is 0.299. The van der Waals surface area contributed by atoms with Crippen LogP contribution < -0.4 is 30.2 Å². The average molecular weight is 440 g/mol. The fourth-order valence-electron chi connectivity index (χ4n) is 3.32. The molecule has 0 radical (unpaired) electrons. The molecule has 3 N–H and O–H groups in total. The number of carbonyl (C=O) groups is 1. The lowest BCUT2D eigenvalue weighted by atomic mass is 9.94. The lowest BCUT2D eigenvalue weighted by Crippen LogP contribution is -2.45. The van der Waals surface area contributed by atoms with Crippen molar-refractivity contribution < 1.29 is 19.0 Å². The van der Waals surface area contributed by atoms with Crippen LogP contribution in [-0.4, -0.2) is 31.8 Å². The largest absolute Gasteiger partial charge is 0.497 e. The Labute approximate surface area is 187 Å². The van der Waals surface area contributed by atoms with Crippen molar-refractivity contribution in [1.29, 1.82) is 0 Å². The van der Waals surface area contributed by atoms with E-state index in [0.717, 1.165) is 5.56 Å². The van der Waals surface area contributed by atoms with Crippen molar-refractivity contribution >= 4 is 28.9 Å². The third-order valence-electron chi connectivity index (χ3n) is 4.76. The Morgan fingerprint density at radius 3 is 2.68 bits per heavy atom. The van der Waals surface area contributed by atoms with E-state index in [-0.39, 0.29) is 5.91 Å². The van der Waals surface area contributed by atoms with Crippen LogP contribution in [0.15, 0.2) is 66.4 Å². The first-order valence-electron chi connectivity index (χ1n) is 9.62. The van der Waals surface area contributed by atoms with Gasteiger partial charge in [-0.1, -0.05) is 30.9 Å². The summed E-state index contributed by atoms with van der Waals surface area (Å²) in [7, 11) is 3.10. The number of para-hydroxylation sites is 1. The van der Waals surface area contributed by atoms with Gasteiger partial charge in [-0.25, -0.2) is 0 Å². The fourth-order valence-corrected chi connectivity index (χ4v) is 3.59. The molecule has 0 aliphatic carbocycles. The zero-order chi connectivity index (χ0) is 22.4. The van der Waals surface area contributed by atoms with Gasteiger partial charge in [0.25, 0.3) is 5.91 Å². The van der Waals surface area contributed by atoms with Gasteiger partial charge < -0.3 is 30.2 Å². The summed E-state index contributed by atoms with van der Waals surface area (Å²) >= 11 is 5.35. The van der Waals surface area contributed by atoms with Crippen molar-refractivity contribution in [1.82, 2.24) is 10.6 Å². The number of rotatable bonds is 8. The molecule has 2 aromatic rings. The molecule has 1 atom stereocenters. The maximum absolute atomic E-state index is 13.4. The molecule has 2 aromatic carbocycles. The molecule has 1 aliphatic heterocycles. The van der Waals surface area contributed by atoms with Gasteiger partial charge in [-0.2, -0.15) is 0 Å². The molecule has 162 valence electrons. The number of benzene rings is 2. The summed E-state index contributed by atoms with van der Waals surface area (Å²) in [4.78, 5) is 13.4. The van der Waals surface area contributed by atoms with Gasteiger partial charge in [-0.3, -0.25) is 4.79 Å². The molecule has 0 saturated carbocycles. The first-order valence-corrected chi connectivity index (χ1v) is 10.0. The lowest BCUT2D eigenvalue weighted by molar-refractivity contribution is -0.113. The van der Waals surface area contributed by atoms with Crippen molar-refractivity contribution in [3.05, 3.63) is 72.0 Å². The van der Waals surface area contributed by atoms with Crippen LogP contribution in [-0.2, 0) is 4.79 Å². The number of carbonyl (C=O) groups excluding carboxylic acids is 1. The van der Waals surface area contributed by atoms with Gasteiger partial charge in [0, 0.05) is 17.3 Å². The molecule has 8 heteroatoms. The second-order valence-electron chi connectivity index (χ2n) is 6.73. The van der Waals surface area contributed by atoms with Gasteiger partial charge >= 0.3 is 0 Å². The lowest BCUT2D eigenvalue weighted by Gasteiger charge is -2.31. The van der Waals surface area contributed by atoms with E-state index >= 15 is 0 Å². The fraction of sp³-hybridized carbons (Fsp3) is 0.217. The SMILES string of the molecule is C=CCOc1ccccc1C1NC(=S)NC(C)=C1C(=O)Nc1ccc(OC)cc1OC. The molecule has 31 heavy (non-hydrogen) atoms. The van der Waals surface area contributed by atoms with Crippen LogP contribution in [0.3, 0.4) is 0 Å². The number of allylic oxidation sites excluding steroid dienone is 1. The molecule has 1 aliphatic rings. The van der Waals surface area contributed by atoms with Gasteiger partial charge in [-0.15, -0.1) is 0 Å². The standard InChI is InChI=1S/C23H25N3O4S/c1-5-12-30-18-9-7-6-8-16(18)21-20(14(2)24-23(31)26-21)22(27)25-17-11-10-15(28-3)13-19(17)29-4/h5-11,13,21H,1,12H2,2-4H3,(H,25,27)(H2,24,26,31). The molecule has 0 spiro atoms. The Hall–Kier alpha value is -3.52. The molecule has 0 fully saturated rings. The molecule has 0 aromatic heterocycles. The number of amides is 1. The summed E-state index contributed by atoms with van der Waals surface area (Å²) in [6.07, 6.45) is 1.67. The quantitative estimate of drug-likeness (QED) is 0.427. The van der Waals surface area contributed by atoms with Crippen molar-refractivity contribution in [3.8, 4) is 17.2 Å². The van der Waals surface area contributed by atoms with E-state index in [1.54, 1.807) is 31.4 Å². The molecule has 0 saturated heterocycles. The van der Waals surface area contributed by atoms with Crippen LogP contribution in [0.4, 0.5) is 5.69 Å². The summed E-state index contributed by atoms with van der Waals surface area (Å²) in [6.45, 7) is 5.86. The van der Waals surface area contributed by atoms with Gasteiger partial charge in [0.15, 0.2) is 5.11 Å². The molecular formula is C23H25N3O4S. The number of hydrogen-bond acceptors (Lipinski definition) is 5. The number of thiocarbonyl (C=S) groups is 1. The van der Waals surface area contributed by atoms with Crippen molar-refractivity contribution in [2.24, 2.45) is 0 Å². The van der Waals surface area contributed by atoms with Gasteiger partial charge in [0.1, 0.15) is 23.9 Å². The Bertz CT molecular complexity index is 1040. The average Bonchev–Trinajstić information content (AvgIpc) is 2.77. The first-order chi connectivity index (χ1) is 15.0. The van der Waals surface area contributed by atoms with Crippen LogP contribution in [0.25, 0.3) is 0 Å². The second kappa shape index (κ2) is 9.99. The maximum Gasteiger partial charge on any atom is 0.255 e. The van der Waals surface area contributed by atoms with Crippen molar-refractivity contribution in [3.63, 3.8) is 0 Å². The van der Waals surface area contributed by atoms with E-state index in [2.05, 4.69) is 22.5 Å². The minimum Gasteiger partial charge on any atom is -0.497 e. The van der Waals surface area contributed by atoms with Gasteiger partial charge in [0.05, 0.1) is 31.5 Å². The number of anilines is 1. The maximum atomic E-state index is 13.4. The van der Waals surface area contributed by atoms with Crippen LogP contribution in [0, 0.1) is 0 Å². The summed E-state index contributed by atoms with van der Waals surface area (Å²) in [5.74, 6) is 1.46. The number of methoxy groups -OCH3 is 2. The highest BCUT2D eigenvalue weighted by molar-refractivity contribution is 7.80. The monoisotopic (exact) mass is 439 g/mol. The minimum atomic E-state index is -0.501. The van der Waals surface area contributed by atoms with Crippen LogP contribution >= 0.6 is 12.2 Å². The third kappa shape index (κ3) is 4.97. The smallest absolute Gasteiger partial charge is 0.255 e. The summed E-state index contributed by atoms with van der Waals surface area (Å²) in [6, 6.07) is 12.2. The molecule has 7 nitrogen and oxygen atoms in total. The number of hydrogen-bond donors (Lipinski definition) is 3. The molecular weight excluding hydrogens is 414 g/mol. The van der Waals surface area contributed by atoms with Gasteiger partial charge in [-0.05, 0) is 37.3 Å². The molecule has 1 heterocycles. The van der Waals surface area contributed by atoms with Gasteiger partial charge in [0.2, 0.25) is 0 Å². The van der Waals surface area contributed by atoms with Crippen molar-refractivity contribution in [2.75, 3.05) is 26.1 Å². The zero-order valence-corrected chi connectivity index (χ0v) is 18.5. The van der Waals surface area contributed by atoms with Crippen LogP contribution in [0.2, 0.25) is 0 Å². The summed E-state index contributed by atoms with van der Waals surface area (Å²) < 4.78 is 16.4. The van der Waals surface area contributed by atoms with E-state index in [1.165, 1.54) is 7.11 Å². The summed E-state index contributed by atoms with van der Waals surface area (Å²) in [5.41, 5.74) is 2.45. The second-order valence-corrected chi connectivity index (χ2v) is 7.14. The van der Waals surface area contributed by atoms with E-state index in [9.17, 15) is 4.79 Å². The Kier molecular flexibility index (Phi) is 7.15. The Morgan fingerprint density at radius 2 is 1.97 bits per heavy atom. The van der Waals surface area contributed by atoms with E-state index < -0.39 is 6.04 Å².